The molecular weight excluding hydrogens is 289 g/mol. The van der Waals surface area contributed by atoms with E-state index in [-0.39, 0.29) is 6.04 Å². The van der Waals surface area contributed by atoms with Gasteiger partial charge in [0.2, 0.25) is 0 Å². The van der Waals surface area contributed by atoms with E-state index >= 15 is 0 Å². The summed E-state index contributed by atoms with van der Waals surface area (Å²) in [6.45, 7) is 1.89. The van der Waals surface area contributed by atoms with Gasteiger partial charge < -0.3 is 10.2 Å². The van der Waals surface area contributed by atoms with Crippen molar-refractivity contribution in [3.8, 4) is 11.3 Å². The summed E-state index contributed by atoms with van der Waals surface area (Å²) >= 11 is 9.33. The second-order valence-electron chi connectivity index (χ2n) is 3.61. The van der Waals surface area contributed by atoms with Crippen molar-refractivity contribution in [1.82, 2.24) is 0 Å². The van der Waals surface area contributed by atoms with E-state index in [0.29, 0.717) is 5.02 Å². The highest BCUT2D eigenvalue weighted by Crippen LogP contribution is 2.32. The molecular formula is C12H11BrClNO. The fourth-order valence-electron chi connectivity index (χ4n) is 1.43. The second kappa shape index (κ2) is 4.62. The first kappa shape index (κ1) is 11.7. The smallest absolute Gasteiger partial charge is 0.135 e. The number of hydrogen-bond donors (Lipinski definition) is 1. The summed E-state index contributed by atoms with van der Waals surface area (Å²) in [6.07, 6.45) is 0. The maximum atomic E-state index is 5.88. The molecule has 0 aliphatic heterocycles. The van der Waals surface area contributed by atoms with Gasteiger partial charge >= 0.3 is 0 Å². The van der Waals surface area contributed by atoms with Crippen LogP contribution in [0.3, 0.4) is 0 Å². The lowest BCUT2D eigenvalue weighted by Crippen LogP contribution is -2.02. The molecule has 0 spiro atoms. The van der Waals surface area contributed by atoms with Gasteiger partial charge in [-0.3, -0.25) is 0 Å². The van der Waals surface area contributed by atoms with Crippen molar-refractivity contribution in [3.05, 3.63) is 45.6 Å². The van der Waals surface area contributed by atoms with Gasteiger partial charge in [-0.2, -0.15) is 0 Å². The third-order valence-electron chi connectivity index (χ3n) is 2.27. The van der Waals surface area contributed by atoms with Gasteiger partial charge in [-0.05, 0) is 53.2 Å². The van der Waals surface area contributed by atoms with Crippen LogP contribution in [0.4, 0.5) is 0 Å². The highest BCUT2D eigenvalue weighted by atomic mass is 79.9. The van der Waals surface area contributed by atoms with Crippen molar-refractivity contribution in [3.63, 3.8) is 0 Å². The van der Waals surface area contributed by atoms with Crippen molar-refractivity contribution < 1.29 is 4.42 Å². The zero-order valence-electron chi connectivity index (χ0n) is 8.71. The van der Waals surface area contributed by atoms with Crippen LogP contribution in [0, 0.1) is 0 Å². The summed E-state index contributed by atoms with van der Waals surface area (Å²) in [7, 11) is 0. The molecule has 0 saturated heterocycles. The molecule has 0 saturated carbocycles. The van der Waals surface area contributed by atoms with Gasteiger partial charge in [0.25, 0.3) is 0 Å². The van der Waals surface area contributed by atoms with Gasteiger partial charge in [0.1, 0.15) is 11.5 Å². The molecule has 84 valence electrons. The summed E-state index contributed by atoms with van der Waals surface area (Å²) in [4.78, 5) is 0. The Morgan fingerprint density at radius 2 is 2.06 bits per heavy atom. The zero-order valence-corrected chi connectivity index (χ0v) is 11.0. The number of nitrogens with two attached hydrogens (primary N) is 1. The number of hydrogen-bond acceptors (Lipinski definition) is 2. The first-order valence-electron chi connectivity index (χ1n) is 4.88. The molecule has 2 nitrogen and oxygen atoms in total. The molecule has 2 aromatic rings. The highest BCUT2D eigenvalue weighted by molar-refractivity contribution is 9.10. The van der Waals surface area contributed by atoms with Crippen molar-refractivity contribution in [2.45, 2.75) is 13.0 Å². The van der Waals surface area contributed by atoms with E-state index in [1.165, 1.54) is 0 Å². The van der Waals surface area contributed by atoms with Gasteiger partial charge in [-0.15, -0.1) is 0 Å². The van der Waals surface area contributed by atoms with E-state index in [1.54, 1.807) is 0 Å². The van der Waals surface area contributed by atoms with E-state index in [9.17, 15) is 0 Å². The summed E-state index contributed by atoms with van der Waals surface area (Å²) in [5, 5.41) is 0.689. The Balaban J connectivity index is 2.42. The predicted octanol–water partition coefficient (Wildman–Crippen LogP) is 4.38. The van der Waals surface area contributed by atoms with Crippen molar-refractivity contribution >= 4 is 27.5 Å². The minimum Gasteiger partial charge on any atom is -0.459 e. The molecule has 0 bridgehead atoms. The molecule has 0 radical (unpaired) electrons. The molecule has 1 heterocycles. The Hall–Kier alpha value is -0.770. The Kier molecular flexibility index (Phi) is 3.38. The Morgan fingerprint density at radius 1 is 1.31 bits per heavy atom. The van der Waals surface area contributed by atoms with E-state index in [1.807, 2.05) is 37.3 Å². The molecule has 16 heavy (non-hydrogen) atoms. The van der Waals surface area contributed by atoms with Crippen molar-refractivity contribution in [2.24, 2.45) is 5.73 Å². The van der Waals surface area contributed by atoms with Crippen molar-refractivity contribution in [2.75, 3.05) is 0 Å². The van der Waals surface area contributed by atoms with Crippen LogP contribution in [0.5, 0.6) is 0 Å². The van der Waals surface area contributed by atoms with Crippen LogP contribution >= 0.6 is 27.5 Å². The SMILES string of the molecule is CC(N)c1ccc(-c2ccc(Cl)cc2Br)o1. The number of furan rings is 1. The topological polar surface area (TPSA) is 39.2 Å². The van der Waals surface area contributed by atoms with Crippen LogP contribution in [-0.4, -0.2) is 0 Å². The molecule has 0 amide bonds. The molecule has 1 atom stereocenters. The minimum atomic E-state index is -0.0974. The average Bonchev–Trinajstić information content (AvgIpc) is 2.66. The second-order valence-corrected chi connectivity index (χ2v) is 4.91. The van der Waals surface area contributed by atoms with Crippen LogP contribution in [0.15, 0.2) is 39.2 Å². The lowest BCUT2D eigenvalue weighted by atomic mass is 10.2. The van der Waals surface area contributed by atoms with E-state index in [0.717, 1.165) is 21.6 Å². The molecule has 2 N–H and O–H groups in total. The maximum absolute atomic E-state index is 5.88. The molecule has 2 rings (SSSR count). The molecule has 1 unspecified atom stereocenters. The van der Waals surface area contributed by atoms with E-state index in [4.69, 9.17) is 21.8 Å². The van der Waals surface area contributed by atoms with Crippen molar-refractivity contribution in [1.29, 1.82) is 0 Å². The van der Waals surface area contributed by atoms with Crippen LogP contribution in [0.1, 0.15) is 18.7 Å². The normalized spacial score (nSPS) is 12.8. The monoisotopic (exact) mass is 299 g/mol. The van der Waals surface area contributed by atoms with Gasteiger partial charge in [-0.1, -0.05) is 11.6 Å². The zero-order chi connectivity index (χ0) is 11.7. The van der Waals surface area contributed by atoms with Crippen LogP contribution in [-0.2, 0) is 0 Å². The standard InChI is InChI=1S/C12H11BrClNO/c1-7(15)11-4-5-12(16-11)9-3-2-8(14)6-10(9)13/h2-7H,15H2,1H3. The summed E-state index contributed by atoms with van der Waals surface area (Å²) in [5.74, 6) is 1.56. The molecule has 4 heteroatoms. The summed E-state index contributed by atoms with van der Waals surface area (Å²) in [5.41, 5.74) is 6.71. The van der Waals surface area contributed by atoms with Gasteiger partial charge in [0.15, 0.2) is 0 Å². The largest absolute Gasteiger partial charge is 0.459 e. The highest BCUT2D eigenvalue weighted by Gasteiger charge is 2.10. The first-order valence-corrected chi connectivity index (χ1v) is 6.06. The molecule has 0 aliphatic rings. The van der Waals surface area contributed by atoms with Crippen LogP contribution in [0.25, 0.3) is 11.3 Å². The average molecular weight is 301 g/mol. The number of benzene rings is 1. The first-order chi connectivity index (χ1) is 7.58. The minimum absolute atomic E-state index is 0.0974. The quantitative estimate of drug-likeness (QED) is 0.894. The maximum Gasteiger partial charge on any atom is 0.135 e. The molecule has 1 aromatic heterocycles. The fourth-order valence-corrected chi connectivity index (χ4v) is 2.31. The number of halogens is 2. The lowest BCUT2D eigenvalue weighted by molar-refractivity contribution is 0.491. The Labute approximate surface area is 108 Å². The number of rotatable bonds is 2. The van der Waals surface area contributed by atoms with Gasteiger partial charge in [0.05, 0.1) is 6.04 Å². The Morgan fingerprint density at radius 3 is 2.62 bits per heavy atom. The van der Waals surface area contributed by atoms with E-state index < -0.39 is 0 Å². The predicted molar refractivity (Wildman–Crippen MR) is 69.5 cm³/mol. The molecule has 0 fully saturated rings. The lowest BCUT2D eigenvalue weighted by Gasteiger charge is -2.03. The summed E-state index contributed by atoms with van der Waals surface area (Å²) in [6, 6.07) is 9.28. The van der Waals surface area contributed by atoms with Gasteiger partial charge in [-0.25, -0.2) is 0 Å². The van der Waals surface area contributed by atoms with Gasteiger partial charge in [0, 0.05) is 15.1 Å². The molecule has 1 aromatic carbocycles. The summed E-state index contributed by atoms with van der Waals surface area (Å²) < 4.78 is 6.56. The molecule has 0 aliphatic carbocycles. The van der Waals surface area contributed by atoms with E-state index in [2.05, 4.69) is 15.9 Å². The Bertz CT molecular complexity index is 507. The van der Waals surface area contributed by atoms with Crippen LogP contribution < -0.4 is 5.73 Å². The van der Waals surface area contributed by atoms with Crippen LogP contribution in [0.2, 0.25) is 5.02 Å². The third kappa shape index (κ3) is 2.32. The fraction of sp³-hybridized carbons (Fsp3) is 0.167. The third-order valence-corrected chi connectivity index (χ3v) is 3.16.